The van der Waals surface area contributed by atoms with E-state index in [1.807, 2.05) is 0 Å². The molecule has 29 heavy (non-hydrogen) atoms. The molecule has 1 aromatic heterocycles. The summed E-state index contributed by atoms with van der Waals surface area (Å²) in [7, 11) is 0. The standard InChI is InChI=1S/C20H19ClF3N3O2/c1-18(23,24)16-5-2-12(7-25-16)26-19-9-20(10-19,11-19)27-17(28)8-29-13-3-4-14(21)15(22)6-13/h2-7,26H,8-11H2,1H3,(H,27,28). The lowest BCUT2D eigenvalue weighted by Crippen LogP contribution is -2.81. The maximum Gasteiger partial charge on any atom is 0.286 e. The molecule has 3 saturated carbocycles. The van der Waals surface area contributed by atoms with Gasteiger partial charge >= 0.3 is 0 Å². The Morgan fingerprint density at radius 1 is 1.24 bits per heavy atom. The highest BCUT2D eigenvalue weighted by atomic mass is 35.5. The second-order valence-corrected chi connectivity index (χ2v) is 8.36. The van der Waals surface area contributed by atoms with E-state index in [2.05, 4.69) is 15.6 Å². The van der Waals surface area contributed by atoms with Crippen molar-refractivity contribution in [3.8, 4) is 5.75 Å². The van der Waals surface area contributed by atoms with E-state index in [9.17, 15) is 18.0 Å². The summed E-state index contributed by atoms with van der Waals surface area (Å²) < 4.78 is 45.1. The number of halogens is 4. The third-order valence-corrected chi connectivity index (χ3v) is 5.63. The fourth-order valence-corrected chi connectivity index (χ4v) is 4.25. The van der Waals surface area contributed by atoms with Crippen LogP contribution in [0.1, 0.15) is 31.9 Å². The molecule has 154 valence electrons. The van der Waals surface area contributed by atoms with Crippen LogP contribution >= 0.6 is 11.6 Å². The van der Waals surface area contributed by atoms with Crippen LogP contribution in [0.5, 0.6) is 5.75 Å². The number of hydrogen-bond acceptors (Lipinski definition) is 4. The average Bonchev–Trinajstić information content (AvgIpc) is 2.59. The molecule has 2 bridgehead atoms. The molecule has 1 amide bonds. The summed E-state index contributed by atoms with van der Waals surface area (Å²) in [6.07, 6.45) is 3.59. The van der Waals surface area contributed by atoms with Gasteiger partial charge < -0.3 is 15.4 Å². The number of alkyl halides is 2. The number of aromatic nitrogens is 1. The molecule has 1 heterocycles. The van der Waals surface area contributed by atoms with Gasteiger partial charge in [0.15, 0.2) is 6.61 Å². The molecule has 9 heteroatoms. The summed E-state index contributed by atoms with van der Waals surface area (Å²) in [6, 6.07) is 6.88. The average molecular weight is 426 g/mol. The Hall–Kier alpha value is -2.48. The molecule has 2 aromatic rings. The monoisotopic (exact) mass is 425 g/mol. The number of ether oxygens (including phenoxy) is 1. The van der Waals surface area contributed by atoms with Gasteiger partial charge in [0.25, 0.3) is 11.8 Å². The van der Waals surface area contributed by atoms with Crippen LogP contribution < -0.4 is 15.4 Å². The Labute approximate surface area is 170 Å². The minimum Gasteiger partial charge on any atom is -0.484 e. The van der Waals surface area contributed by atoms with Crippen molar-refractivity contribution in [2.75, 3.05) is 11.9 Å². The van der Waals surface area contributed by atoms with Crippen LogP contribution in [0.3, 0.4) is 0 Å². The molecule has 0 spiro atoms. The first-order chi connectivity index (χ1) is 13.6. The summed E-state index contributed by atoms with van der Waals surface area (Å²) in [5.74, 6) is -3.64. The first kappa shape index (κ1) is 19.8. The lowest BCUT2D eigenvalue weighted by molar-refractivity contribution is -0.135. The number of amides is 1. The highest BCUT2D eigenvalue weighted by molar-refractivity contribution is 6.30. The number of nitrogens with zero attached hydrogens (tertiary/aromatic N) is 1. The van der Waals surface area contributed by atoms with Gasteiger partial charge in [-0.15, -0.1) is 0 Å². The van der Waals surface area contributed by atoms with E-state index in [1.54, 1.807) is 6.07 Å². The zero-order valence-corrected chi connectivity index (χ0v) is 16.3. The number of benzene rings is 1. The van der Waals surface area contributed by atoms with Crippen molar-refractivity contribution in [3.63, 3.8) is 0 Å². The molecule has 3 aliphatic rings. The van der Waals surface area contributed by atoms with E-state index >= 15 is 0 Å². The van der Waals surface area contributed by atoms with Crippen LogP contribution in [-0.2, 0) is 10.7 Å². The van der Waals surface area contributed by atoms with Gasteiger partial charge in [-0.1, -0.05) is 11.6 Å². The zero-order chi connectivity index (χ0) is 20.9. The molecule has 0 unspecified atom stereocenters. The maximum atomic E-state index is 13.4. The number of pyridine rings is 1. The third kappa shape index (κ3) is 3.99. The van der Waals surface area contributed by atoms with Gasteiger partial charge in [0.05, 0.1) is 16.9 Å². The lowest BCUT2D eigenvalue weighted by Gasteiger charge is -2.70. The van der Waals surface area contributed by atoms with Gasteiger partial charge in [-0.3, -0.25) is 9.78 Å². The number of carbonyl (C=O) groups is 1. The van der Waals surface area contributed by atoms with Crippen LogP contribution in [0.4, 0.5) is 18.9 Å². The number of anilines is 1. The van der Waals surface area contributed by atoms with Crippen LogP contribution in [0.15, 0.2) is 36.5 Å². The number of hydrogen-bond donors (Lipinski definition) is 2. The predicted molar refractivity (Wildman–Crippen MR) is 102 cm³/mol. The van der Waals surface area contributed by atoms with Crippen molar-refractivity contribution in [3.05, 3.63) is 53.1 Å². The minimum absolute atomic E-state index is 0.0123. The Morgan fingerprint density at radius 3 is 2.55 bits per heavy atom. The van der Waals surface area contributed by atoms with Gasteiger partial charge in [0, 0.05) is 24.1 Å². The SMILES string of the molecule is CC(F)(F)c1ccc(NC23CC(NC(=O)COc4ccc(Cl)c(F)c4)(C2)C3)cn1. The van der Waals surface area contributed by atoms with Gasteiger partial charge in [-0.25, -0.2) is 4.39 Å². The summed E-state index contributed by atoms with van der Waals surface area (Å²) in [5.41, 5.74) is -0.0240. The van der Waals surface area contributed by atoms with Gasteiger partial charge in [0.2, 0.25) is 0 Å². The first-order valence-electron chi connectivity index (χ1n) is 9.10. The van der Waals surface area contributed by atoms with E-state index in [0.29, 0.717) is 5.69 Å². The third-order valence-electron chi connectivity index (χ3n) is 5.32. The summed E-state index contributed by atoms with van der Waals surface area (Å²) in [4.78, 5) is 15.9. The molecule has 3 fully saturated rings. The van der Waals surface area contributed by atoms with Crippen molar-refractivity contribution < 1.29 is 22.7 Å². The molecular formula is C20H19ClF3N3O2. The normalized spacial score (nSPS) is 24.9. The van der Waals surface area contributed by atoms with Crippen molar-refractivity contribution >= 4 is 23.2 Å². The Kier molecular flexibility index (Phi) is 4.64. The predicted octanol–water partition coefficient (Wildman–Crippen LogP) is 4.27. The molecule has 0 saturated heterocycles. The fraction of sp³-hybridized carbons (Fsp3) is 0.400. The fourth-order valence-electron chi connectivity index (χ4n) is 4.13. The van der Waals surface area contributed by atoms with Gasteiger partial charge in [0.1, 0.15) is 17.3 Å². The first-order valence-corrected chi connectivity index (χ1v) is 9.47. The maximum absolute atomic E-state index is 13.4. The highest BCUT2D eigenvalue weighted by Gasteiger charge is 2.68. The second kappa shape index (κ2) is 6.79. The van der Waals surface area contributed by atoms with E-state index in [1.165, 1.54) is 24.4 Å². The molecule has 0 atom stereocenters. The Balaban J connectivity index is 1.24. The zero-order valence-electron chi connectivity index (χ0n) is 15.6. The van der Waals surface area contributed by atoms with E-state index in [-0.39, 0.29) is 40.1 Å². The minimum atomic E-state index is -2.97. The largest absolute Gasteiger partial charge is 0.484 e. The number of rotatable bonds is 7. The summed E-state index contributed by atoms with van der Waals surface area (Å²) >= 11 is 5.61. The molecule has 3 aliphatic carbocycles. The van der Waals surface area contributed by atoms with Crippen molar-refractivity contribution in [2.24, 2.45) is 0 Å². The van der Waals surface area contributed by atoms with E-state index in [0.717, 1.165) is 32.3 Å². The van der Waals surface area contributed by atoms with E-state index < -0.39 is 11.7 Å². The van der Waals surface area contributed by atoms with Crippen molar-refractivity contribution in [2.45, 2.75) is 43.2 Å². The van der Waals surface area contributed by atoms with Crippen LogP contribution in [0, 0.1) is 5.82 Å². The number of nitrogens with one attached hydrogen (secondary N) is 2. The quantitative estimate of drug-likeness (QED) is 0.695. The molecule has 2 N–H and O–H groups in total. The molecule has 5 nitrogen and oxygen atoms in total. The molecule has 1 aromatic carbocycles. The molecular weight excluding hydrogens is 407 g/mol. The van der Waals surface area contributed by atoms with Gasteiger partial charge in [-0.05, 0) is 43.5 Å². The molecule has 0 aliphatic heterocycles. The van der Waals surface area contributed by atoms with Crippen LogP contribution in [0.25, 0.3) is 0 Å². The van der Waals surface area contributed by atoms with Crippen molar-refractivity contribution in [1.82, 2.24) is 10.3 Å². The van der Waals surface area contributed by atoms with E-state index in [4.69, 9.17) is 16.3 Å². The lowest BCUT2D eigenvalue weighted by atomic mass is 9.44. The highest BCUT2D eigenvalue weighted by Crippen LogP contribution is 2.61. The van der Waals surface area contributed by atoms with Gasteiger partial charge in [-0.2, -0.15) is 8.78 Å². The Morgan fingerprint density at radius 2 is 1.97 bits per heavy atom. The molecule has 0 radical (unpaired) electrons. The topological polar surface area (TPSA) is 63.2 Å². The van der Waals surface area contributed by atoms with Crippen LogP contribution in [0.2, 0.25) is 5.02 Å². The smallest absolute Gasteiger partial charge is 0.286 e. The second-order valence-electron chi connectivity index (χ2n) is 7.95. The molecule has 5 rings (SSSR count). The number of carbonyl (C=O) groups excluding carboxylic acids is 1. The Bertz CT molecular complexity index is 927. The van der Waals surface area contributed by atoms with Crippen molar-refractivity contribution in [1.29, 1.82) is 0 Å². The van der Waals surface area contributed by atoms with Crippen LogP contribution in [-0.4, -0.2) is 28.6 Å². The summed E-state index contributed by atoms with van der Waals surface area (Å²) in [6.45, 7) is 0.586. The summed E-state index contributed by atoms with van der Waals surface area (Å²) in [5, 5.41) is 6.27.